The molecule has 0 rings (SSSR count). The van der Waals surface area contributed by atoms with Crippen LogP contribution in [0.15, 0.2) is 0 Å². The van der Waals surface area contributed by atoms with Crippen molar-refractivity contribution in [2.45, 2.75) is 13.8 Å². The number of hydrogen-bond acceptors (Lipinski definition) is 3. The van der Waals surface area contributed by atoms with E-state index in [1.807, 2.05) is 13.8 Å². The van der Waals surface area contributed by atoms with E-state index in [9.17, 15) is 8.42 Å². The van der Waals surface area contributed by atoms with Crippen molar-refractivity contribution < 1.29 is 8.42 Å². The molecule has 9 heavy (non-hydrogen) atoms. The van der Waals surface area contributed by atoms with E-state index in [0.717, 1.165) is 5.88 Å². The van der Waals surface area contributed by atoms with Crippen molar-refractivity contribution in [3.05, 3.63) is 5.88 Å². The van der Waals surface area contributed by atoms with Crippen LogP contribution < -0.4 is 5.73 Å². The first-order valence-corrected chi connectivity index (χ1v) is 4.47. The van der Waals surface area contributed by atoms with Crippen molar-refractivity contribution in [2.24, 2.45) is 11.7 Å². The largest absolute Gasteiger partial charge is 0.313 e. The van der Waals surface area contributed by atoms with Gasteiger partial charge in [0.15, 0.2) is 9.84 Å². The lowest BCUT2D eigenvalue weighted by Gasteiger charge is -2.01. The van der Waals surface area contributed by atoms with Gasteiger partial charge in [0.05, 0.1) is 5.75 Å². The highest BCUT2D eigenvalue weighted by molar-refractivity contribution is 7.93. The molecular formula is C5H12NO2S. The van der Waals surface area contributed by atoms with Gasteiger partial charge in [-0.15, -0.1) is 0 Å². The molecule has 0 aromatic carbocycles. The SMILES string of the molecule is CC(C)CS(=O)(=O)[CH]N. The second kappa shape index (κ2) is 3.17. The van der Waals surface area contributed by atoms with Crippen LogP contribution in [0.25, 0.3) is 0 Å². The van der Waals surface area contributed by atoms with Crippen LogP contribution in [0.2, 0.25) is 0 Å². The third kappa shape index (κ3) is 4.42. The molecule has 55 valence electrons. The minimum atomic E-state index is -3.07. The average Bonchev–Trinajstić information content (AvgIpc) is 1.63. The maximum atomic E-state index is 10.6. The zero-order valence-corrected chi connectivity index (χ0v) is 6.48. The molecule has 1 radical (unpaired) electrons. The van der Waals surface area contributed by atoms with Crippen LogP contribution >= 0.6 is 0 Å². The van der Waals surface area contributed by atoms with Crippen LogP contribution in [0.5, 0.6) is 0 Å². The predicted octanol–water partition coefficient (Wildman–Crippen LogP) is 0.135. The first kappa shape index (κ1) is 8.91. The van der Waals surface area contributed by atoms with Gasteiger partial charge in [-0.3, -0.25) is 0 Å². The topological polar surface area (TPSA) is 60.2 Å². The molecule has 0 spiro atoms. The summed E-state index contributed by atoms with van der Waals surface area (Å²) in [5.74, 6) is 1.05. The Hall–Kier alpha value is -0.0900. The van der Waals surface area contributed by atoms with Crippen molar-refractivity contribution in [3.63, 3.8) is 0 Å². The lowest BCUT2D eigenvalue weighted by atomic mass is 10.3. The van der Waals surface area contributed by atoms with Crippen LogP contribution in [0.4, 0.5) is 0 Å². The standard InChI is InChI=1S/C5H12NO2S/c1-5(2)3-9(7,8)4-6/h4-5H,3,6H2,1-2H3. The van der Waals surface area contributed by atoms with E-state index in [4.69, 9.17) is 5.73 Å². The zero-order chi connectivity index (χ0) is 7.49. The number of nitrogens with two attached hydrogens (primary N) is 1. The third-order valence-electron chi connectivity index (χ3n) is 0.773. The van der Waals surface area contributed by atoms with Gasteiger partial charge < -0.3 is 5.73 Å². The Morgan fingerprint density at radius 2 is 2.00 bits per heavy atom. The van der Waals surface area contributed by atoms with Gasteiger partial charge in [-0.25, -0.2) is 8.42 Å². The Morgan fingerprint density at radius 3 is 2.11 bits per heavy atom. The van der Waals surface area contributed by atoms with Gasteiger partial charge in [0.1, 0.15) is 5.88 Å². The van der Waals surface area contributed by atoms with Gasteiger partial charge in [-0.2, -0.15) is 0 Å². The zero-order valence-electron chi connectivity index (χ0n) is 5.66. The minimum absolute atomic E-state index is 0.142. The van der Waals surface area contributed by atoms with Gasteiger partial charge in [0.25, 0.3) is 0 Å². The fourth-order valence-electron chi connectivity index (χ4n) is 0.520. The highest BCUT2D eigenvalue weighted by Crippen LogP contribution is 1.99. The van der Waals surface area contributed by atoms with E-state index in [2.05, 4.69) is 0 Å². The van der Waals surface area contributed by atoms with Crippen molar-refractivity contribution in [3.8, 4) is 0 Å². The van der Waals surface area contributed by atoms with Crippen molar-refractivity contribution >= 4 is 9.84 Å². The highest BCUT2D eigenvalue weighted by atomic mass is 32.2. The molecule has 0 amide bonds. The van der Waals surface area contributed by atoms with Gasteiger partial charge >= 0.3 is 0 Å². The van der Waals surface area contributed by atoms with Crippen LogP contribution in [0, 0.1) is 11.8 Å². The first-order valence-electron chi connectivity index (χ1n) is 2.75. The normalized spacial score (nSPS) is 12.4. The van der Waals surface area contributed by atoms with Crippen LogP contribution in [-0.2, 0) is 9.84 Å². The summed E-state index contributed by atoms with van der Waals surface area (Å²) in [6, 6.07) is 0. The van der Waals surface area contributed by atoms with E-state index in [-0.39, 0.29) is 11.7 Å². The molecule has 4 heteroatoms. The minimum Gasteiger partial charge on any atom is -0.313 e. The first-order chi connectivity index (χ1) is 3.98. The highest BCUT2D eigenvalue weighted by Gasteiger charge is 2.09. The monoisotopic (exact) mass is 150 g/mol. The molecule has 0 aliphatic rings. The Labute approximate surface area is 56.2 Å². The molecule has 0 saturated carbocycles. The second-order valence-electron chi connectivity index (χ2n) is 2.36. The van der Waals surface area contributed by atoms with Crippen LogP contribution in [0.3, 0.4) is 0 Å². The predicted molar refractivity (Wildman–Crippen MR) is 37.1 cm³/mol. The molecule has 0 aliphatic carbocycles. The molecule has 0 heterocycles. The Morgan fingerprint density at radius 1 is 1.56 bits per heavy atom. The summed E-state index contributed by atoms with van der Waals surface area (Å²) >= 11 is 0. The molecule has 0 saturated heterocycles. The lowest BCUT2D eigenvalue weighted by molar-refractivity contribution is 0.587. The maximum Gasteiger partial charge on any atom is 0.168 e. The fourth-order valence-corrected chi connectivity index (χ4v) is 1.56. The van der Waals surface area contributed by atoms with E-state index < -0.39 is 9.84 Å². The number of rotatable bonds is 3. The van der Waals surface area contributed by atoms with Crippen LogP contribution in [-0.4, -0.2) is 14.2 Å². The Bertz CT molecular complexity index is 160. The fraction of sp³-hybridized carbons (Fsp3) is 0.800. The van der Waals surface area contributed by atoms with Crippen molar-refractivity contribution in [1.82, 2.24) is 0 Å². The summed E-state index contributed by atoms with van der Waals surface area (Å²) in [5, 5.41) is 0. The molecule has 3 nitrogen and oxygen atoms in total. The van der Waals surface area contributed by atoms with E-state index in [1.54, 1.807) is 0 Å². The third-order valence-corrected chi connectivity index (χ3v) is 2.32. The van der Waals surface area contributed by atoms with Crippen molar-refractivity contribution in [2.75, 3.05) is 5.75 Å². The summed E-state index contributed by atoms with van der Waals surface area (Å²) in [6.07, 6.45) is 0. The molecule has 0 aromatic rings. The van der Waals surface area contributed by atoms with Gasteiger partial charge in [0.2, 0.25) is 0 Å². The molecule has 0 aromatic heterocycles. The average molecular weight is 150 g/mol. The van der Waals surface area contributed by atoms with Crippen LogP contribution in [0.1, 0.15) is 13.8 Å². The van der Waals surface area contributed by atoms with E-state index >= 15 is 0 Å². The van der Waals surface area contributed by atoms with Gasteiger partial charge in [-0.05, 0) is 5.92 Å². The van der Waals surface area contributed by atoms with Gasteiger partial charge in [0, 0.05) is 0 Å². The molecule has 0 atom stereocenters. The smallest absolute Gasteiger partial charge is 0.168 e. The number of hydrogen-bond donors (Lipinski definition) is 1. The molecule has 0 aliphatic heterocycles. The molecule has 0 unspecified atom stereocenters. The summed E-state index contributed by atoms with van der Waals surface area (Å²) in [4.78, 5) is 0. The summed E-state index contributed by atoms with van der Waals surface area (Å²) in [6.45, 7) is 3.67. The Balaban J connectivity index is 3.90. The van der Waals surface area contributed by atoms with Crippen molar-refractivity contribution in [1.29, 1.82) is 0 Å². The van der Waals surface area contributed by atoms with Gasteiger partial charge in [-0.1, -0.05) is 13.8 Å². The molecule has 0 fully saturated rings. The molecule has 2 N–H and O–H groups in total. The Kier molecular flexibility index (Phi) is 3.14. The van der Waals surface area contributed by atoms with E-state index in [1.165, 1.54) is 0 Å². The van der Waals surface area contributed by atoms with E-state index in [0.29, 0.717) is 0 Å². The lowest BCUT2D eigenvalue weighted by Crippen LogP contribution is -2.15. The second-order valence-corrected chi connectivity index (χ2v) is 4.29. The molecular weight excluding hydrogens is 138 g/mol. The summed E-state index contributed by atoms with van der Waals surface area (Å²) < 4.78 is 21.3. The number of sulfone groups is 1. The maximum absolute atomic E-state index is 10.6. The molecule has 0 bridgehead atoms. The summed E-state index contributed by atoms with van der Waals surface area (Å²) in [5.41, 5.74) is 4.84. The quantitative estimate of drug-likeness (QED) is 0.622. The summed E-state index contributed by atoms with van der Waals surface area (Å²) in [7, 11) is -3.07.